The summed E-state index contributed by atoms with van der Waals surface area (Å²) in [5.41, 5.74) is 1.76. The van der Waals surface area contributed by atoms with E-state index in [9.17, 15) is 15.0 Å². The Balaban J connectivity index is 1.76. The average Bonchev–Trinajstić information content (AvgIpc) is 2.80. The van der Waals surface area contributed by atoms with E-state index in [1.807, 2.05) is 6.08 Å². The third-order valence-electron chi connectivity index (χ3n) is 7.92. The molecule has 5 atom stereocenters. The molecule has 4 unspecified atom stereocenters. The van der Waals surface area contributed by atoms with E-state index in [2.05, 4.69) is 19.9 Å². The van der Waals surface area contributed by atoms with Crippen LogP contribution in [0, 0.1) is 22.7 Å². The lowest BCUT2D eigenvalue weighted by atomic mass is 9.51. The molecule has 3 heteroatoms. The molecule has 3 nitrogen and oxygen atoms in total. The number of rotatable bonds is 1. The Labute approximate surface area is 138 Å². The molecule has 0 aliphatic heterocycles. The Hall–Kier alpha value is -0.930. The highest BCUT2D eigenvalue weighted by molar-refractivity contribution is 5.92. The molecule has 2 fully saturated rings. The van der Waals surface area contributed by atoms with Gasteiger partial charge in [-0.25, -0.2) is 0 Å². The molecule has 4 aliphatic carbocycles. The highest BCUT2D eigenvalue weighted by Crippen LogP contribution is 2.65. The largest absolute Gasteiger partial charge is 0.393 e. The zero-order valence-electron chi connectivity index (χ0n) is 14.3. The van der Waals surface area contributed by atoms with Gasteiger partial charge in [-0.15, -0.1) is 0 Å². The molecule has 0 radical (unpaired) electrons. The monoisotopic (exact) mass is 316 g/mol. The Morgan fingerprint density at radius 2 is 2.00 bits per heavy atom. The summed E-state index contributed by atoms with van der Waals surface area (Å²) in [6, 6.07) is 0. The zero-order chi connectivity index (χ0) is 16.5. The van der Waals surface area contributed by atoms with Gasteiger partial charge in [0.25, 0.3) is 0 Å². The minimum Gasteiger partial charge on any atom is -0.393 e. The van der Waals surface area contributed by atoms with Crippen LogP contribution in [0.15, 0.2) is 23.3 Å². The van der Waals surface area contributed by atoms with Gasteiger partial charge in [0.05, 0.1) is 12.2 Å². The molecule has 23 heavy (non-hydrogen) atoms. The fraction of sp³-hybridized carbons (Fsp3) is 0.750. The Morgan fingerprint density at radius 3 is 2.74 bits per heavy atom. The van der Waals surface area contributed by atoms with E-state index in [1.165, 1.54) is 11.1 Å². The second-order valence-electron chi connectivity index (χ2n) is 8.73. The number of allylic oxidation sites excluding steroid dienone is 4. The van der Waals surface area contributed by atoms with Crippen LogP contribution in [0.4, 0.5) is 0 Å². The summed E-state index contributed by atoms with van der Waals surface area (Å²) in [5, 5.41) is 20.7. The molecule has 0 bridgehead atoms. The molecule has 0 spiro atoms. The van der Waals surface area contributed by atoms with E-state index in [-0.39, 0.29) is 23.2 Å². The minimum absolute atomic E-state index is 0.0536. The molecule has 0 saturated heterocycles. The number of carbonyl (C=O) groups is 1. The molecule has 0 heterocycles. The number of fused-ring (bicyclic) bond motifs is 5. The maximum Gasteiger partial charge on any atom is 0.155 e. The summed E-state index contributed by atoms with van der Waals surface area (Å²) in [5.74, 6) is 1.24. The van der Waals surface area contributed by atoms with Crippen LogP contribution in [0.25, 0.3) is 0 Å². The quantitative estimate of drug-likeness (QED) is 0.731. The highest BCUT2D eigenvalue weighted by Gasteiger charge is 2.61. The van der Waals surface area contributed by atoms with E-state index < -0.39 is 5.60 Å². The molecular formula is C20H28O3. The van der Waals surface area contributed by atoms with Gasteiger partial charge >= 0.3 is 0 Å². The van der Waals surface area contributed by atoms with Gasteiger partial charge in [-0.05, 0) is 56.4 Å². The summed E-state index contributed by atoms with van der Waals surface area (Å²) in [6.07, 6.45) is 10.5. The standard InChI is InChI=1S/C20H28O3/c1-18-8-5-14(22)11-13(18)3-4-15-16(18)6-9-19(2)17(15)7-10-20(19,23)12-21/h6,11,15,17,21,23H,3-5,7-10,12H2,1-2H3/t15?,17?,18?,19?,20-/m1/s1. The highest BCUT2D eigenvalue weighted by atomic mass is 16.3. The van der Waals surface area contributed by atoms with Crippen LogP contribution in [-0.4, -0.2) is 28.2 Å². The summed E-state index contributed by atoms with van der Waals surface area (Å²) in [6.45, 7) is 4.36. The third kappa shape index (κ3) is 1.87. The van der Waals surface area contributed by atoms with Gasteiger partial charge in [0.2, 0.25) is 0 Å². The zero-order valence-corrected chi connectivity index (χ0v) is 14.3. The number of hydrogen-bond donors (Lipinski definition) is 2. The lowest BCUT2D eigenvalue weighted by Crippen LogP contribution is -2.52. The molecule has 126 valence electrons. The number of hydrogen-bond acceptors (Lipinski definition) is 3. The predicted molar refractivity (Wildman–Crippen MR) is 88.7 cm³/mol. The first kappa shape index (κ1) is 15.6. The van der Waals surface area contributed by atoms with Gasteiger partial charge in [0.1, 0.15) is 0 Å². The van der Waals surface area contributed by atoms with Crippen molar-refractivity contribution < 1.29 is 15.0 Å². The fourth-order valence-electron chi connectivity index (χ4n) is 6.22. The van der Waals surface area contributed by atoms with Crippen molar-refractivity contribution in [2.24, 2.45) is 22.7 Å². The molecule has 0 aromatic rings. The lowest BCUT2D eigenvalue weighted by Gasteiger charge is -2.54. The predicted octanol–water partition coefficient (Wildman–Crippen LogP) is 3.16. The van der Waals surface area contributed by atoms with Crippen LogP contribution in [0.1, 0.15) is 58.8 Å². The van der Waals surface area contributed by atoms with Gasteiger partial charge < -0.3 is 10.2 Å². The number of carbonyl (C=O) groups excluding carboxylic acids is 1. The normalized spacial score (nSPS) is 49.0. The van der Waals surface area contributed by atoms with Gasteiger partial charge in [-0.1, -0.05) is 31.1 Å². The fourth-order valence-corrected chi connectivity index (χ4v) is 6.22. The maximum atomic E-state index is 11.8. The summed E-state index contributed by atoms with van der Waals surface area (Å²) < 4.78 is 0. The van der Waals surface area contributed by atoms with Crippen molar-refractivity contribution in [1.29, 1.82) is 0 Å². The molecule has 0 amide bonds. The van der Waals surface area contributed by atoms with Crippen molar-refractivity contribution in [3.8, 4) is 0 Å². The molecule has 4 aliphatic rings. The molecule has 4 rings (SSSR count). The van der Waals surface area contributed by atoms with Gasteiger partial charge in [0, 0.05) is 17.3 Å². The Morgan fingerprint density at radius 1 is 1.22 bits per heavy atom. The first-order valence-corrected chi connectivity index (χ1v) is 9.12. The van der Waals surface area contributed by atoms with Crippen LogP contribution < -0.4 is 0 Å². The summed E-state index contributed by atoms with van der Waals surface area (Å²) >= 11 is 0. The Bertz CT molecular complexity index is 618. The SMILES string of the molecule is CC12CCC(=O)C=C1CCC1C2=CCC2(C)C1CC[C@@]2(O)CO. The molecule has 2 N–H and O–H groups in total. The molecular weight excluding hydrogens is 288 g/mol. The second-order valence-corrected chi connectivity index (χ2v) is 8.73. The molecule has 0 aromatic carbocycles. The van der Waals surface area contributed by atoms with E-state index >= 15 is 0 Å². The lowest BCUT2D eigenvalue weighted by molar-refractivity contribution is -0.116. The smallest absolute Gasteiger partial charge is 0.155 e. The minimum atomic E-state index is -0.931. The average molecular weight is 316 g/mol. The second kappa shape index (κ2) is 4.80. The van der Waals surface area contributed by atoms with Crippen molar-refractivity contribution in [1.82, 2.24) is 0 Å². The van der Waals surface area contributed by atoms with E-state index in [0.29, 0.717) is 24.7 Å². The van der Waals surface area contributed by atoms with Crippen LogP contribution >= 0.6 is 0 Å². The number of ketones is 1. The van der Waals surface area contributed by atoms with E-state index in [0.717, 1.165) is 32.1 Å². The number of aliphatic hydroxyl groups is 2. The molecule has 0 aromatic heterocycles. The van der Waals surface area contributed by atoms with Crippen LogP contribution in [0.2, 0.25) is 0 Å². The van der Waals surface area contributed by atoms with Crippen molar-refractivity contribution in [3.05, 3.63) is 23.3 Å². The van der Waals surface area contributed by atoms with Crippen LogP contribution in [0.3, 0.4) is 0 Å². The van der Waals surface area contributed by atoms with Crippen molar-refractivity contribution in [2.45, 2.75) is 64.4 Å². The van der Waals surface area contributed by atoms with Crippen molar-refractivity contribution in [3.63, 3.8) is 0 Å². The third-order valence-corrected chi connectivity index (χ3v) is 7.92. The number of aliphatic hydroxyl groups excluding tert-OH is 1. The topological polar surface area (TPSA) is 57.5 Å². The van der Waals surface area contributed by atoms with E-state index in [1.54, 1.807) is 0 Å². The summed E-state index contributed by atoms with van der Waals surface area (Å²) in [4.78, 5) is 11.8. The molecule has 2 saturated carbocycles. The summed E-state index contributed by atoms with van der Waals surface area (Å²) in [7, 11) is 0. The van der Waals surface area contributed by atoms with Crippen molar-refractivity contribution >= 4 is 5.78 Å². The van der Waals surface area contributed by atoms with Crippen LogP contribution in [0.5, 0.6) is 0 Å². The van der Waals surface area contributed by atoms with E-state index in [4.69, 9.17) is 0 Å². The van der Waals surface area contributed by atoms with Crippen molar-refractivity contribution in [2.75, 3.05) is 6.61 Å². The maximum absolute atomic E-state index is 11.8. The first-order chi connectivity index (χ1) is 10.8. The Kier molecular flexibility index (Phi) is 3.25. The van der Waals surface area contributed by atoms with Gasteiger partial charge in [-0.2, -0.15) is 0 Å². The van der Waals surface area contributed by atoms with Gasteiger partial charge in [-0.3, -0.25) is 4.79 Å². The first-order valence-electron chi connectivity index (χ1n) is 9.12. The van der Waals surface area contributed by atoms with Crippen LogP contribution in [-0.2, 0) is 4.79 Å². The van der Waals surface area contributed by atoms with Gasteiger partial charge in [0.15, 0.2) is 5.78 Å².